The number of halogens is 1. The summed E-state index contributed by atoms with van der Waals surface area (Å²) < 4.78 is 15.0. The number of piperazine rings is 1. The fourth-order valence-electron chi connectivity index (χ4n) is 3.99. The molecule has 1 aromatic heterocycles. The number of benzene rings is 2. The third kappa shape index (κ3) is 5.15. The Morgan fingerprint density at radius 2 is 1.62 bits per heavy atom. The van der Waals surface area contributed by atoms with Crippen LogP contribution < -0.4 is 10.2 Å². The highest BCUT2D eigenvalue weighted by molar-refractivity contribution is 7.07. The number of aromatic nitrogens is 1. The van der Waals surface area contributed by atoms with Crippen molar-refractivity contribution in [2.75, 3.05) is 38.0 Å². The molecule has 1 amide bonds. The average Bonchev–Trinajstić information content (AvgIpc) is 3.13. The molecule has 0 aliphatic carbocycles. The second-order valence-electron chi connectivity index (χ2n) is 8.17. The lowest BCUT2D eigenvalue weighted by Gasteiger charge is -2.34. The van der Waals surface area contributed by atoms with Gasteiger partial charge in [0.2, 0.25) is 5.91 Å². The van der Waals surface area contributed by atoms with Gasteiger partial charge >= 0.3 is 4.87 Å². The molecule has 8 heteroatoms. The zero-order valence-electron chi connectivity index (χ0n) is 18.3. The predicted octanol–water partition coefficient (Wildman–Crippen LogP) is 3.55. The molecule has 1 aliphatic rings. The number of thiazole rings is 1. The Balaban J connectivity index is 1.33. The number of para-hydroxylation sites is 1. The van der Waals surface area contributed by atoms with Gasteiger partial charge in [0.1, 0.15) is 5.82 Å². The molecule has 0 bridgehead atoms. The summed E-state index contributed by atoms with van der Waals surface area (Å²) >= 11 is 1.15. The number of hydrogen-bond donors (Lipinski definition) is 1. The third-order valence-electron chi connectivity index (χ3n) is 5.84. The predicted molar refractivity (Wildman–Crippen MR) is 127 cm³/mol. The van der Waals surface area contributed by atoms with Crippen LogP contribution in [0.1, 0.15) is 11.1 Å². The van der Waals surface area contributed by atoms with Crippen LogP contribution in [0.25, 0.3) is 11.3 Å². The van der Waals surface area contributed by atoms with Crippen LogP contribution in [0.4, 0.5) is 10.1 Å². The van der Waals surface area contributed by atoms with Gasteiger partial charge in [0.05, 0.1) is 18.9 Å². The van der Waals surface area contributed by atoms with Crippen molar-refractivity contribution in [3.05, 3.63) is 74.5 Å². The van der Waals surface area contributed by atoms with E-state index in [2.05, 4.69) is 15.1 Å². The molecule has 2 heterocycles. The highest BCUT2D eigenvalue weighted by atomic mass is 32.1. The summed E-state index contributed by atoms with van der Waals surface area (Å²) in [7, 11) is 0. The Morgan fingerprint density at radius 3 is 2.28 bits per heavy atom. The van der Waals surface area contributed by atoms with Crippen LogP contribution in [0.2, 0.25) is 0 Å². The SMILES string of the molecule is Cc1cccc(C)c1NC(=O)CN1CCN(Cn2c(-c3ccc(F)cc3)csc2=O)CC1. The van der Waals surface area contributed by atoms with Crippen LogP contribution in [0.5, 0.6) is 0 Å². The summed E-state index contributed by atoms with van der Waals surface area (Å²) in [6.45, 7) is 7.86. The van der Waals surface area contributed by atoms with Gasteiger partial charge in [-0.3, -0.25) is 24.0 Å². The first-order chi connectivity index (χ1) is 15.4. The molecule has 1 saturated heterocycles. The first-order valence-corrected chi connectivity index (χ1v) is 11.5. The van der Waals surface area contributed by atoms with Crippen molar-refractivity contribution in [1.29, 1.82) is 0 Å². The average molecular weight is 455 g/mol. The standard InChI is InChI=1S/C24H27FN4O2S/c1-17-4-3-5-18(2)23(17)26-22(30)14-27-10-12-28(13-11-27)16-29-21(15-32-24(29)31)19-6-8-20(25)9-7-19/h3-9,15H,10-14,16H2,1-2H3,(H,26,30). The number of amides is 1. The van der Waals surface area contributed by atoms with Crippen LogP contribution in [-0.2, 0) is 11.5 Å². The molecule has 2 aromatic carbocycles. The second kappa shape index (κ2) is 9.77. The van der Waals surface area contributed by atoms with Crippen LogP contribution in [-0.4, -0.2) is 53.0 Å². The van der Waals surface area contributed by atoms with Crippen molar-refractivity contribution in [1.82, 2.24) is 14.4 Å². The van der Waals surface area contributed by atoms with Gasteiger partial charge in [-0.05, 0) is 54.8 Å². The van der Waals surface area contributed by atoms with Gasteiger partial charge in [-0.25, -0.2) is 4.39 Å². The molecule has 0 atom stereocenters. The quantitative estimate of drug-likeness (QED) is 0.619. The largest absolute Gasteiger partial charge is 0.324 e. The molecule has 4 rings (SSSR count). The summed E-state index contributed by atoms with van der Waals surface area (Å²) in [5.41, 5.74) is 4.63. The Bertz CT molecular complexity index is 1130. The lowest BCUT2D eigenvalue weighted by atomic mass is 10.1. The molecule has 0 saturated carbocycles. The summed E-state index contributed by atoms with van der Waals surface area (Å²) in [4.78, 5) is 29.3. The maximum absolute atomic E-state index is 13.3. The molecule has 168 valence electrons. The Labute approximate surface area is 190 Å². The minimum absolute atomic E-state index is 0.0106. The first-order valence-electron chi connectivity index (χ1n) is 10.7. The van der Waals surface area contributed by atoms with E-state index >= 15 is 0 Å². The molecule has 1 fully saturated rings. The fraction of sp³-hybridized carbons (Fsp3) is 0.333. The molecular formula is C24H27FN4O2S. The summed E-state index contributed by atoms with van der Waals surface area (Å²) in [5, 5.41) is 4.87. The lowest BCUT2D eigenvalue weighted by molar-refractivity contribution is -0.117. The number of nitrogens with zero attached hydrogens (tertiary/aromatic N) is 3. The van der Waals surface area contributed by atoms with Gasteiger partial charge in [0.15, 0.2) is 0 Å². The Hall–Kier alpha value is -2.81. The molecular weight excluding hydrogens is 427 g/mol. The first kappa shape index (κ1) is 22.4. The smallest absolute Gasteiger partial charge is 0.308 e. The van der Waals surface area contributed by atoms with E-state index in [0.29, 0.717) is 13.2 Å². The zero-order valence-corrected chi connectivity index (χ0v) is 19.1. The minimum atomic E-state index is -0.296. The number of hydrogen-bond acceptors (Lipinski definition) is 5. The number of carbonyl (C=O) groups is 1. The van der Waals surface area contributed by atoms with Crippen molar-refractivity contribution in [3.63, 3.8) is 0 Å². The van der Waals surface area contributed by atoms with Crippen molar-refractivity contribution in [2.24, 2.45) is 0 Å². The molecule has 0 radical (unpaired) electrons. The molecule has 3 aromatic rings. The van der Waals surface area contributed by atoms with E-state index in [-0.39, 0.29) is 16.6 Å². The molecule has 32 heavy (non-hydrogen) atoms. The van der Waals surface area contributed by atoms with Gasteiger partial charge in [-0.2, -0.15) is 0 Å². The van der Waals surface area contributed by atoms with Crippen LogP contribution in [0, 0.1) is 19.7 Å². The number of carbonyl (C=O) groups excluding carboxylic acids is 1. The highest BCUT2D eigenvalue weighted by Crippen LogP contribution is 2.22. The van der Waals surface area contributed by atoms with Gasteiger partial charge in [0, 0.05) is 37.2 Å². The molecule has 0 spiro atoms. The number of anilines is 1. The van der Waals surface area contributed by atoms with E-state index in [4.69, 9.17) is 0 Å². The number of nitrogens with one attached hydrogen (secondary N) is 1. The van der Waals surface area contributed by atoms with E-state index in [1.165, 1.54) is 12.1 Å². The molecule has 1 aliphatic heterocycles. The summed E-state index contributed by atoms with van der Waals surface area (Å²) in [5.74, 6) is -0.306. The van der Waals surface area contributed by atoms with Crippen molar-refractivity contribution in [3.8, 4) is 11.3 Å². The van der Waals surface area contributed by atoms with Crippen LogP contribution >= 0.6 is 11.3 Å². The highest BCUT2D eigenvalue weighted by Gasteiger charge is 2.21. The Morgan fingerprint density at radius 1 is 1.00 bits per heavy atom. The van der Waals surface area contributed by atoms with E-state index in [1.54, 1.807) is 16.7 Å². The van der Waals surface area contributed by atoms with E-state index in [0.717, 1.165) is 65.6 Å². The third-order valence-corrected chi connectivity index (χ3v) is 6.60. The van der Waals surface area contributed by atoms with Crippen molar-refractivity contribution < 1.29 is 9.18 Å². The number of rotatable bonds is 6. The molecule has 0 unspecified atom stereocenters. The van der Waals surface area contributed by atoms with Crippen LogP contribution in [0.15, 0.2) is 52.6 Å². The maximum Gasteiger partial charge on any atom is 0.308 e. The maximum atomic E-state index is 13.3. The normalized spacial score (nSPS) is 15.1. The Kier molecular flexibility index (Phi) is 6.83. The van der Waals surface area contributed by atoms with Crippen LogP contribution in [0.3, 0.4) is 0 Å². The van der Waals surface area contributed by atoms with Gasteiger partial charge in [-0.1, -0.05) is 29.5 Å². The second-order valence-corrected chi connectivity index (χ2v) is 8.99. The van der Waals surface area contributed by atoms with E-state index < -0.39 is 0 Å². The topological polar surface area (TPSA) is 57.6 Å². The van der Waals surface area contributed by atoms with Crippen molar-refractivity contribution in [2.45, 2.75) is 20.5 Å². The molecule has 6 nitrogen and oxygen atoms in total. The van der Waals surface area contributed by atoms with E-state index in [1.807, 2.05) is 37.4 Å². The summed E-state index contributed by atoms with van der Waals surface area (Å²) in [6, 6.07) is 12.2. The van der Waals surface area contributed by atoms with Gasteiger partial charge in [0.25, 0.3) is 0 Å². The fourth-order valence-corrected chi connectivity index (χ4v) is 4.75. The number of aryl methyl sites for hydroxylation is 2. The van der Waals surface area contributed by atoms with Gasteiger partial charge in [-0.15, -0.1) is 0 Å². The van der Waals surface area contributed by atoms with Gasteiger partial charge < -0.3 is 5.32 Å². The lowest BCUT2D eigenvalue weighted by Crippen LogP contribution is -2.49. The van der Waals surface area contributed by atoms with E-state index in [9.17, 15) is 14.0 Å². The zero-order chi connectivity index (χ0) is 22.7. The molecule has 1 N–H and O–H groups in total. The summed E-state index contributed by atoms with van der Waals surface area (Å²) in [6.07, 6.45) is 0. The minimum Gasteiger partial charge on any atom is -0.324 e. The monoisotopic (exact) mass is 454 g/mol. The van der Waals surface area contributed by atoms with Crippen molar-refractivity contribution >= 4 is 22.9 Å².